The van der Waals surface area contributed by atoms with E-state index in [1.165, 1.54) is 18.4 Å². The molecule has 2 aromatic heterocycles. The molecule has 0 radical (unpaired) electrons. The van der Waals surface area contributed by atoms with Gasteiger partial charge in [0.15, 0.2) is 5.69 Å². The van der Waals surface area contributed by atoms with Crippen LogP contribution in [-0.4, -0.2) is 35.4 Å². The molecule has 28 heavy (non-hydrogen) atoms. The molecular formula is C21H22N2O4S. The highest BCUT2D eigenvalue weighted by Crippen LogP contribution is 2.27. The lowest BCUT2D eigenvalue weighted by molar-refractivity contribution is -0.145. The molecule has 3 rings (SSSR count). The number of oxazole rings is 1. The zero-order chi connectivity index (χ0) is 20.1. The van der Waals surface area contributed by atoms with Gasteiger partial charge in [0.25, 0.3) is 5.91 Å². The first-order valence-corrected chi connectivity index (χ1v) is 9.80. The summed E-state index contributed by atoms with van der Waals surface area (Å²) in [4.78, 5) is 32.0. The highest BCUT2D eigenvalue weighted by Gasteiger charge is 2.27. The third-order valence-electron chi connectivity index (χ3n) is 4.33. The average molecular weight is 398 g/mol. The number of hydrogen-bond acceptors (Lipinski definition) is 6. The van der Waals surface area contributed by atoms with Gasteiger partial charge in [-0.2, -0.15) is 0 Å². The van der Waals surface area contributed by atoms with Crippen molar-refractivity contribution in [2.75, 3.05) is 13.7 Å². The molecule has 0 fully saturated rings. The summed E-state index contributed by atoms with van der Waals surface area (Å²) in [6.45, 7) is 4.05. The lowest BCUT2D eigenvalue weighted by atomic mass is 10.1. The molecule has 0 saturated heterocycles. The molecule has 6 nitrogen and oxygen atoms in total. The van der Waals surface area contributed by atoms with Crippen LogP contribution in [0.3, 0.4) is 0 Å². The monoisotopic (exact) mass is 398 g/mol. The topological polar surface area (TPSA) is 72.6 Å². The van der Waals surface area contributed by atoms with E-state index in [1.54, 1.807) is 18.7 Å². The summed E-state index contributed by atoms with van der Waals surface area (Å²) in [6, 6.07) is 13.4. The molecule has 1 atom stereocenters. The molecule has 1 unspecified atom stereocenters. The number of rotatable bonds is 7. The van der Waals surface area contributed by atoms with E-state index in [-0.39, 0.29) is 24.1 Å². The lowest BCUT2D eigenvalue weighted by Gasteiger charge is -2.24. The van der Waals surface area contributed by atoms with Crippen molar-refractivity contribution in [2.45, 2.75) is 20.4 Å². The van der Waals surface area contributed by atoms with Crippen LogP contribution in [0, 0.1) is 12.8 Å². The number of thiophene rings is 1. The Hall–Kier alpha value is -2.93. The number of benzene rings is 1. The molecule has 0 saturated carbocycles. The quantitative estimate of drug-likeness (QED) is 0.559. The number of carbonyl (C=O) groups excluding carboxylic acids is 2. The van der Waals surface area contributed by atoms with E-state index in [9.17, 15) is 9.59 Å². The van der Waals surface area contributed by atoms with E-state index in [4.69, 9.17) is 9.15 Å². The fourth-order valence-corrected chi connectivity index (χ4v) is 3.53. The van der Waals surface area contributed by atoms with Crippen molar-refractivity contribution >= 4 is 23.2 Å². The Morgan fingerprint density at radius 1 is 1.21 bits per heavy atom. The summed E-state index contributed by atoms with van der Waals surface area (Å²) in [6.07, 6.45) is 0. The van der Waals surface area contributed by atoms with Gasteiger partial charge in [-0.1, -0.05) is 43.3 Å². The number of methoxy groups -OCH3 is 1. The van der Waals surface area contributed by atoms with Gasteiger partial charge in [-0.15, -0.1) is 11.3 Å². The smallest absolute Gasteiger partial charge is 0.310 e. The van der Waals surface area contributed by atoms with E-state index in [1.807, 2.05) is 47.8 Å². The molecular weight excluding hydrogens is 376 g/mol. The molecule has 0 aliphatic carbocycles. The SMILES string of the molecule is COC(=O)C(C)CN(Cc1ccccc1)C(=O)c1nc(-c2cccs2)oc1C. The highest BCUT2D eigenvalue weighted by atomic mass is 32.1. The van der Waals surface area contributed by atoms with Crippen molar-refractivity contribution in [3.05, 3.63) is 64.9 Å². The number of aromatic nitrogens is 1. The summed E-state index contributed by atoms with van der Waals surface area (Å²) in [5.41, 5.74) is 1.23. The minimum Gasteiger partial charge on any atom is -0.469 e. The van der Waals surface area contributed by atoms with Crippen LogP contribution in [0.25, 0.3) is 10.8 Å². The first kappa shape index (κ1) is 19.8. The van der Waals surface area contributed by atoms with Crippen molar-refractivity contribution in [2.24, 2.45) is 5.92 Å². The van der Waals surface area contributed by atoms with E-state index >= 15 is 0 Å². The standard InChI is InChI=1S/C21H22N2O4S/c1-14(21(25)26-3)12-23(13-16-8-5-4-6-9-16)20(24)18-15(2)27-19(22-18)17-10-7-11-28-17/h4-11,14H,12-13H2,1-3H3. The van der Waals surface area contributed by atoms with Crippen molar-refractivity contribution in [3.63, 3.8) is 0 Å². The van der Waals surface area contributed by atoms with Crippen LogP contribution in [0.1, 0.15) is 28.7 Å². The van der Waals surface area contributed by atoms with Gasteiger partial charge in [-0.25, -0.2) is 4.98 Å². The van der Waals surface area contributed by atoms with Gasteiger partial charge in [-0.05, 0) is 23.9 Å². The molecule has 146 valence electrons. The molecule has 0 bridgehead atoms. The lowest BCUT2D eigenvalue weighted by Crippen LogP contribution is -2.37. The van der Waals surface area contributed by atoms with Crippen LogP contribution in [-0.2, 0) is 16.1 Å². The van der Waals surface area contributed by atoms with Gasteiger partial charge in [0.05, 0.1) is 17.9 Å². The molecule has 2 heterocycles. The van der Waals surface area contributed by atoms with Gasteiger partial charge < -0.3 is 14.1 Å². The van der Waals surface area contributed by atoms with Crippen LogP contribution in [0.5, 0.6) is 0 Å². The fourth-order valence-electron chi connectivity index (χ4n) is 2.88. The van der Waals surface area contributed by atoms with E-state index in [2.05, 4.69) is 4.98 Å². The number of esters is 1. The second-order valence-corrected chi connectivity index (χ2v) is 7.44. The summed E-state index contributed by atoms with van der Waals surface area (Å²) < 4.78 is 10.5. The van der Waals surface area contributed by atoms with E-state index < -0.39 is 5.92 Å². The van der Waals surface area contributed by atoms with E-state index in [0.717, 1.165) is 10.4 Å². The Morgan fingerprint density at radius 3 is 2.61 bits per heavy atom. The number of hydrogen-bond donors (Lipinski definition) is 0. The summed E-state index contributed by atoms with van der Waals surface area (Å²) >= 11 is 1.50. The van der Waals surface area contributed by atoms with Crippen LogP contribution >= 0.6 is 11.3 Å². The normalized spacial score (nSPS) is 11.8. The number of aryl methyl sites for hydroxylation is 1. The van der Waals surface area contributed by atoms with Crippen LogP contribution in [0.4, 0.5) is 0 Å². The molecule has 0 aliphatic heterocycles. The zero-order valence-electron chi connectivity index (χ0n) is 16.0. The van der Waals surface area contributed by atoms with Crippen molar-refractivity contribution in [1.82, 2.24) is 9.88 Å². The summed E-state index contributed by atoms with van der Waals surface area (Å²) in [7, 11) is 1.34. The van der Waals surface area contributed by atoms with Crippen LogP contribution in [0.15, 0.2) is 52.3 Å². The zero-order valence-corrected chi connectivity index (χ0v) is 16.9. The number of carbonyl (C=O) groups is 2. The van der Waals surface area contributed by atoms with E-state index in [0.29, 0.717) is 18.2 Å². The Morgan fingerprint density at radius 2 is 1.96 bits per heavy atom. The third-order valence-corrected chi connectivity index (χ3v) is 5.19. The van der Waals surface area contributed by atoms with Crippen molar-refractivity contribution in [3.8, 4) is 10.8 Å². The van der Waals surface area contributed by atoms with Gasteiger partial charge in [0.1, 0.15) is 5.76 Å². The predicted octanol–water partition coefficient (Wildman–Crippen LogP) is 4.16. The van der Waals surface area contributed by atoms with Gasteiger partial charge in [0, 0.05) is 13.1 Å². The maximum atomic E-state index is 13.3. The minimum atomic E-state index is -0.457. The maximum Gasteiger partial charge on any atom is 0.310 e. The predicted molar refractivity (Wildman–Crippen MR) is 107 cm³/mol. The molecule has 0 spiro atoms. The van der Waals surface area contributed by atoms with Crippen molar-refractivity contribution in [1.29, 1.82) is 0 Å². The molecule has 3 aromatic rings. The summed E-state index contributed by atoms with van der Waals surface area (Å²) in [5.74, 6) is -0.207. The number of amides is 1. The van der Waals surface area contributed by atoms with Gasteiger partial charge >= 0.3 is 5.97 Å². The Kier molecular flexibility index (Phi) is 6.26. The minimum absolute atomic E-state index is 0.223. The van der Waals surface area contributed by atoms with Gasteiger partial charge in [0.2, 0.25) is 5.89 Å². The first-order chi connectivity index (χ1) is 13.5. The Bertz CT molecular complexity index is 935. The third kappa shape index (κ3) is 4.48. The van der Waals surface area contributed by atoms with Crippen LogP contribution < -0.4 is 0 Å². The molecule has 0 N–H and O–H groups in total. The number of nitrogens with zero attached hydrogens (tertiary/aromatic N) is 2. The van der Waals surface area contributed by atoms with Crippen LogP contribution in [0.2, 0.25) is 0 Å². The molecule has 0 aliphatic rings. The first-order valence-electron chi connectivity index (χ1n) is 8.92. The Balaban J connectivity index is 1.88. The Labute approximate surface area is 167 Å². The summed E-state index contributed by atoms with van der Waals surface area (Å²) in [5, 5.41) is 1.93. The fraction of sp³-hybridized carbons (Fsp3) is 0.286. The molecule has 1 aromatic carbocycles. The second-order valence-electron chi connectivity index (χ2n) is 6.50. The maximum absolute atomic E-state index is 13.3. The largest absolute Gasteiger partial charge is 0.469 e. The number of ether oxygens (including phenoxy) is 1. The molecule has 7 heteroatoms. The highest BCUT2D eigenvalue weighted by molar-refractivity contribution is 7.13. The molecule has 1 amide bonds. The van der Waals surface area contributed by atoms with Crippen molar-refractivity contribution < 1.29 is 18.7 Å². The second kappa shape index (κ2) is 8.84. The average Bonchev–Trinajstić information content (AvgIpc) is 3.36. The van der Waals surface area contributed by atoms with Gasteiger partial charge in [-0.3, -0.25) is 9.59 Å².